The third-order valence-electron chi connectivity index (χ3n) is 6.90. The SMILES string of the molecule is CC(=O)C(C(=O)NCc1ccc(C(=N)N)cc1)N(C(=O)[C@@H](N)Cc1ccc(C(=N)N)cc1)C1CCCCC1. The maximum absolute atomic E-state index is 13.7. The number of benzene rings is 2. The molecule has 1 unspecified atom stereocenters. The molecule has 202 valence electrons. The summed E-state index contributed by atoms with van der Waals surface area (Å²) >= 11 is 0. The van der Waals surface area contributed by atoms with Gasteiger partial charge in [-0.25, -0.2) is 0 Å². The van der Waals surface area contributed by atoms with Crippen LogP contribution < -0.4 is 22.5 Å². The fourth-order valence-corrected chi connectivity index (χ4v) is 4.83. The molecule has 2 amide bonds. The quantitative estimate of drug-likeness (QED) is 0.148. The summed E-state index contributed by atoms with van der Waals surface area (Å²) in [6.45, 7) is 1.48. The van der Waals surface area contributed by atoms with Crippen LogP contribution in [0.15, 0.2) is 48.5 Å². The van der Waals surface area contributed by atoms with Crippen molar-refractivity contribution in [2.75, 3.05) is 0 Å². The number of carbonyl (C=O) groups is 3. The Morgan fingerprint density at radius 3 is 1.87 bits per heavy atom. The van der Waals surface area contributed by atoms with Gasteiger partial charge in [-0.2, -0.15) is 0 Å². The Balaban J connectivity index is 1.79. The summed E-state index contributed by atoms with van der Waals surface area (Å²) in [5.74, 6) is -1.51. The van der Waals surface area contributed by atoms with E-state index in [0.717, 1.165) is 30.4 Å². The second-order valence-corrected chi connectivity index (χ2v) is 9.80. The van der Waals surface area contributed by atoms with Crippen molar-refractivity contribution >= 4 is 29.3 Å². The number of rotatable bonds is 11. The van der Waals surface area contributed by atoms with E-state index in [0.29, 0.717) is 24.0 Å². The molecular formula is C28H37N7O3. The van der Waals surface area contributed by atoms with Gasteiger partial charge in [0.05, 0.1) is 6.04 Å². The number of nitrogens with zero attached hydrogens (tertiary/aromatic N) is 1. The maximum Gasteiger partial charge on any atom is 0.250 e. The number of nitrogens with two attached hydrogens (primary N) is 3. The summed E-state index contributed by atoms with van der Waals surface area (Å²) < 4.78 is 0. The first-order valence-electron chi connectivity index (χ1n) is 12.8. The Kier molecular flexibility index (Phi) is 9.72. The van der Waals surface area contributed by atoms with Gasteiger partial charge >= 0.3 is 0 Å². The first-order chi connectivity index (χ1) is 18.1. The predicted molar refractivity (Wildman–Crippen MR) is 147 cm³/mol. The summed E-state index contributed by atoms with van der Waals surface area (Å²) in [5.41, 5.74) is 20.1. The molecule has 0 bridgehead atoms. The average Bonchev–Trinajstić information content (AvgIpc) is 2.90. The molecule has 9 N–H and O–H groups in total. The largest absolute Gasteiger partial charge is 0.384 e. The minimum Gasteiger partial charge on any atom is -0.384 e. The minimum absolute atomic E-state index is 0.0505. The Labute approximate surface area is 223 Å². The Morgan fingerprint density at radius 2 is 1.39 bits per heavy atom. The highest BCUT2D eigenvalue weighted by molar-refractivity contribution is 6.07. The number of amidine groups is 2. The summed E-state index contributed by atoms with van der Waals surface area (Å²) in [6, 6.07) is 11.3. The summed E-state index contributed by atoms with van der Waals surface area (Å²) in [5, 5.41) is 17.8. The molecule has 1 aliphatic rings. The molecule has 1 fully saturated rings. The zero-order valence-corrected chi connectivity index (χ0v) is 21.7. The summed E-state index contributed by atoms with van der Waals surface area (Å²) in [7, 11) is 0. The zero-order valence-electron chi connectivity index (χ0n) is 21.7. The normalized spacial score (nSPS) is 15.2. The number of nitrogen functional groups attached to an aromatic ring is 2. The molecule has 2 aromatic rings. The van der Waals surface area contributed by atoms with E-state index in [-0.39, 0.29) is 30.7 Å². The van der Waals surface area contributed by atoms with Crippen molar-refractivity contribution in [3.63, 3.8) is 0 Å². The van der Waals surface area contributed by atoms with Crippen LogP contribution in [-0.2, 0) is 27.3 Å². The lowest BCUT2D eigenvalue weighted by atomic mass is 9.91. The van der Waals surface area contributed by atoms with Gasteiger partial charge in [0.25, 0.3) is 5.91 Å². The third kappa shape index (κ3) is 7.25. The lowest BCUT2D eigenvalue weighted by Gasteiger charge is -2.39. The van der Waals surface area contributed by atoms with Gasteiger partial charge in [0.2, 0.25) is 5.91 Å². The molecule has 1 saturated carbocycles. The molecule has 0 aromatic heterocycles. The van der Waals surface area contributed by atoms with E-state index in [9.17, 15) is 14.4 Å². The van der Waals surface area contributed by atoms with Gasteiger partial charge in [-0.1, -0.05) is 67.8 Å². The maximum atomic E-state index is 13.7. The van der Waals surface area contributed by atoms with E-state index in [1.165, 1.54) is 11.8 Å². The monoisotopic (exact) mass is 519 g/mol. The van der Waals surface area contributed by atoms with Crippen LogP contribution >= 0.6 is 0 Å². The molecule has 0 heterocycles. The van der Waals surface area contributed by atoms with Crippen LogP contribution in [-0.4, -0.2) is 52.3 Å². The number of carbonyl (C=O) groups excluding carboxylic acids is 3. The molecular weight excluding hydrogens is 482 g/mol. The number of ketones is 1. The second kappa shape index (κ2) is 13.0. The van der Waals surface area contributed by atoms with Crippen LogP contribution in [0, 0.1) is 10.8 Å². The molecule has 10 heteroatoms. The fraction of sp³-hybridized carbons (Fsp3) is 0.393. The second-order valence-electron chi connectivity index (χ2n) is 9.80. The zero-order chi connectivity index (χ0) is 27.8. The van der Waals surface area contributed by atoms with Crippen molar-refractivity contribution in [2.45, 2.75) is 70.1 Å². The lowest BCUT2D eigenvalue weighted by molar-refractivity contribution is -0.150. The van der Waals surface area contributed by atoms with Crippen molar-refractivity contribution in [1.82, 2.24) is 10.2 Å². The van der Waals surface area contributed by atoms with Gasteiger partial charge < -0.3 is 27.4 Å². The van der Waals surface area contributed by atoms with E-state index in [1.54, 1.807) is 48.5 Å². The van der Waals surface area contributed by atoms with Gasteiger partial charge in [0.15, 0.2) is 11.8 Å². The Bertz CT molecular complexity index is 1170. The molecule has 0 radical (unpaired) electrons. The molecule has 2 aromatic carbocycles. The van der Waals surface area contributed by atoms with E-state index in [2.05, 4.69) is 5.32 Å². The molecule has 1 aliphatic carbocycles. The molecule has 38 heavy (non-hydrogen) atoms. The number of hydrogen-bond acceptors (Lipinski definition) is 6. The number of amides is 2. The van der Waals surface area contributed by atoms with Crippen molar-refractivity contribution in [1.29, 1.82) is 10.8 Å². The van der Waals surface area contributed by atoms with E-state index < -0.39 is 29.7 Å². The molecule has 0 aliphatic heterocycles. The van der Waals surface area contributed by atoms with Gasteiger partial charge in [0, 0.05) is 23.7 Å². The van der Waals surface area contributed by atoms with Crippen LogP contribution in [0.5, 0.6) is 0 Å². The van der Waals surface area contributed by atoms with Crippen LogP contribution in [0.2, 0.25) is 0 Å². The van der Waals surface area contributed by atoms with Crippen LogP contribution in [0.3, 0.4) is 0 Å². The van der Waals surface area contributed by atoms with Crippen molar-refractivity contribution in [3.05, 3.63) is 70.8 Å². The Hall–Kier alpha value is -4.05. The number of hydrogen-bond donors (Lipinski definition) is 6. The summed E-state index contributed by atoms with van der Waals surface area (Å²) in [6.07, 6.45) is 4.48. The molecule has 0 spiro atoms. The van der Waals surface area contributed by atoms with Crippen molar-refractivity contribution in [3.8, 4) is 0 Å². The van der Waals surface area contributed by atoms with Gasteiger partial charge in [-0.15, -0.1) is 0 Å². The highest BCUT2D eigenvalue weighted by Gasteiger charge is 2.40. The molecule has 2 atom stereocenters. The van der Waals surface area contributed by atoms with Crippen LogP contribution in [0.4, 0.5) is 0 Å². The molecule has 10 nitrogen and oxygen atoms in total. The molecule has 3 rings (SSSR count). The smallest absolute Gasteiger partial charge is 0.250 e. The van der Waals surface area contributed by atoms with Gasteiger partial charge in [-0.05, 0) is 37.3 Å². The van der Waals surface area contributed by atoms with Crippen LogP contribution in [0.1, 0.15) is 61.3 Å². The van der Waals surface area contributed by atoms with Crippen molar-refractivity contribution in [2.24, 2.45) is 17.2 Å². The Morgan fingerprint density at radius 1 is 0.895 bits per heavy atom. The van der Waals surface area contributed by atoms with Crippen molar-refractivity contribution < 1.29 is 14.4 Å². The van der Waals surface area contributed by atoms with E-state index in [1.807, 2.05) is 0 Å². The summed E-state index contributed by atoms with van der Waals surface area (Å²) in [4.78, 5) is 41.3. The van der Waals surface area contributed by atoms with E-state index in [4.69, 9.17) is 28.0 Å². The predicted octanol–water partition coefficient (Wildman–Crippen LogP) is 1.56. The average molecular weight is 520 g/mol. The van der Waals surface area contributed by atoms with Gasteiger partial charge in [-0.3, -0.25) is 25.2 Å². The molecule has 0 saturated heterocycles. The number of nitrogens with one attached hydrogen (secondary N) is 3. The third-order valence-corrected chi connectivity index (χ3v) is 6.90. The first kappa shape index (κ1) is 28.5. The first-order valence-corrected chi connectivity index (χ1v) is 12.8. The highest BCUT2D eigenvalue weighted by atomic mass is 16.2. The standard InChI is InChI=1S/C28H37N7O3/c1-17(36)24(27(37)34-16-19-9-13-21(14-10-19)26(32)33)35(22-5-3-2-4-6-22)28(38)23(29)15-18-7-11-20(12-8-18)25(30)31/h7-14,22-24H,2-6,15-16,29H2,1H3,(H3,30,31)(H3,32,33)(H,34,37)/t23-,24?/m0/s1. The number of Topliss-reactive ketones (excluding diaryl/α,β-unsaturated/α-hetero) is 1. The van der Waals surface area contributed by atoms with Crippen LogP contribution in [0.25, 0.3) is 0 Å². The van der Waals surface area contributed by atoms with Gasteiger partial charge in [0.1, 0.15) is 11.7 Å². The highest BCUT2D eigenvalue weighted by Crippen LogP contribution is 2.26. The van der Waals surface area contributed by atoms with E-state index >= 15 is 0 Å². The topological polar surface area (TPSA) is 192 Å². The lowest BCUT2D eigenvalue weighted by Crippen LogP contribution is -2.60. The fourth-order valence-electron chi connectivity index (χ4n) is 4.83. The minimum atomic E-state index is -1.28.